The van der Waals surface area contributed by atoms with Gasteiger partial charge in [-0.3, -0.25) is 4.90 Å². The van der Waals surface area contributed by atoms with Crippen molar-refractivity contribution in [2.45, 2.75) is 25.3 Å². The normalized spacial score (nSPS) is 14.9. The number of hydrogen-bond donors (Lipinski definition) is 0. The molecule has 0 bridgehead atoms. The molecule has 0 amide bonds. The maximum absolute atomic E-state index is 5.40. The topological polar surface area (TPSA) is 3.24 Å². The molecule has 0 saturated carbocycles. The Balaban J connectivity index is 4.26. The van der Waals surface area contributed by atoms with Crippen molar-refractivity contribution in [3.05, 3.63) is 0 Å². The van der Waals surface area contributed by atoms with Crippen LogP contribution < -0.4 is 0 Å². The van der Waals surface area contributed by atoms with Crippen molar-refractivity contribution >= 4 is 8.07 Å². The van der Waals surface area contributed by atoms with E-state index in [1.807, 2.05) is 14.1 Å². The molecule has 0 aliphatic heterocycles. The molecule has 0 aliphatic carbocycles. The molecule has 0 aromatic rings. The van der Waals surface area contributed by atoms with Crippen molar-refractivity contribution in [1.29, 1.82) is 0 Å². The second kappa shape index (κ2) is 3.22. The molecule has 0 radical (unpaired) electrons. The van der Waals surface area contributed by atoms with Crippen LogP contribution in [0.25, 0.3) is 0 Å². The second-order valence-corrected chi connectivity index (χ2v) is 9.18. The number of rotatable bonds is 2. The average molecular weight is 155 g/mol. The van der Waals surface area contributed by atoms with Gasteiger partial charge in [0.15, 0.2) is 0 Å². The van der Waals surface area contributed by atoms with Crippen LogP contribution in [0.15, 0.2) is 0 Å². The highest BCUT2D eigenvalue weighted by molar-refractivity contribution is 6.78. The van der Waals surface area contributed by atoms with Crippen molar-refractivity contribution in [1.82, 2.24) is 4.90 Å². The van der Waals surface area contributed by atoms with Gasteiger partial charge in [-0.15, -0.1) is 6.42 Å². The van der Waals surface area contributed by atoms with E-state index in [2.05, 4.69) is 30.5 Å². The Morgan fingerprint density at radius 2 is 1.70 bits per heavy atom. The molecule has 1 nitrogen and oxygen atoms in total. The molecule has 0 aliphatic rings. The molecule has 0 spiro atoms. The summed E-state index contributed by atoms with van der Waals surface area (Å²) in [5.74, 6) is 2.83. The largest absolute Gasteiger partial charge is 0.299 e. The summed E-state index contributed by atoms with van der Waals surface area (Å²) in [5.41, 5.74) is 0.368. The highest BCUT2D eigenvalue weighted by Crippen LogP contribution is 2.10. The summed E-state index contributed by atoms with van der Waals surface area (Å²) in [5, 5.41) is 0. The van der Waals surface area contributed by atoms with E-state index in [1.165, 1.54) is 0 Å². The molecular formula is C8H17NSi. The van der Waals surface area contributed by atoms with Crippen molar-refractivity contribution in [3.63, 3.8) is 0 Å². The van der Waals surface area contributed by atoms with Gasteiger partial charge in [-0.1, -0.05) is 25.6 Å². The molecule has 58 valence electrons. The van der Waals surface area contributed by atoms with E-state index in [-0.39, 0.29) is 0 Å². The first-order chi connectivity index (χ1) is 4.39. The Hall–Kier alpha value is -0.263. The Morgan fingerprint density at radius 3 is 1.70 bits per heavy atom. The molecule has 1 atom stereocenters. The predicted molar refractivity (Wildman–Crippen MR) is 49.7 cm³/mol. The SMILES string of the molecule is C#CC(N(C)C)[Si](C)(C)C. The van der Waals surface area contributed by atoms with Crippen LogP contribution in [0.4, 0.5) is 0 Å². The van der Waals surface area contributed by atoms with E-state index in [0.29, 0.717) is 5.67 Å². The van der Waals surface area contributed by atoms with Crippen LogP contribution in [0.1, 0.15) is 0 Å². The third-order valence-electron chi connectivity index (χ3n) is 1.49. The highest BCUT2D eigenvalue weighted by atomic mass is 28.3. The fourth-order valence-electron chi connectivity index (χ4n) is 1.17. The maximum atomic E-state index is 5.40. The van der Waals surface area contributed by atoms with Gasteiger partial charge in [0.2, 0.25) is 0 Å². The fraction of sp³-hybridized carbons (Fsp3) is 0.750. The van der Waals surface area contributed by atoms with E-state index >= 15 is 0 Å². The van der Waals surface area contributed by atoms with Gasteiger partial charge >= 0.3 is 0 Å². The molecule has 2 heteroatoms. The molecule has 1 unspecified atom stereocenters. The molecule has 0 fully saturated rings. The first-order valence-electron chi connectivity index (χ1n) is 3.52. The Labute approximate surface area is 65.4 Å². The lowest BCUT2D eigenvalue weighted by Gasteiger charge is -2.29. The standard InChI is InChI=1S/C8H17NSi/c1-7-8(9(2)3)10(4,5)6/h1,8H,2-6H3. The van der Waals surface area contributed by atoms with Gasteiger partial charge in [0.1, 0.15) is 0 Å². The van der Waals surface area contributed by atoms with Gasteiger partial charge in [0, 0.05) is 0 Å². The predicted octanol–water partition coefficient (Wildman–Crippen LogP) is 1.43. The number of nitrogens with zero attached hydrogens (tertiary/aromatic N) is 1. The van der Waals surface area contributed by atoms with Gasteiger partial charge in [-0.2, -0.15) is 0 Å². The molecule has 0 rings (SSSR count). The first-order valence-corrected chi connectivity index (χ1v) is 7.10. The van der Waals surface area contributed by atoms with Gasteiger partial charge in [0.25, 0.3) is 0 Å². The van der Waals surface area contributed by atoms with Crippen LogP contribution in [0, 0.1) is 12.3 Å². The van der Waals surface area contributed by atoms with Gasteiger partial charge in [-0.05, 0) is 14.1 Å². The quantitative estimate of drug-likeness (QED) is 0.431. The Morgan fingerprint density at radius 1 is 1.30 bits per heavy atom. The van der Waals surface area contributed by atoms with Crippen molar-refractivity contribution < 1.29 is 0 Å². The summed E-state index contributed by atoms with van der Waals surface area (Å²) in [6.07, 6.45) is 5.40. The van der Waals surface area contributed by atoms with Crippen LogP contribution in [0.2, 0.25) is 19.6 Å². The maximum Gasteiger partial charge on any atom is 0.0791 e. The van der Waals surface area contributed by atoms with Gasteiger partial charge in [-0.25, -0.2) is 0 Å². The molecule has 0 saturated heterocycles. The van der Waals surface area contributed by atoms with E-state index in [9.17, 15) is 0 Å². The molecule has 0 aromatic heterocycles. The zero-order chi connectivity index (χ0) is 8.36. The lowest BCUT2D eigenvalue weighted by molar-refractivity contribution is 0.418. The zero-order valence-electron chi connectivity index (χ0n) is 7.60. The second-order valence-electron chi connectivity index (χ2n) is 3.90. The minimum atomic E-state index is -1.16. The summed E-state index contributed by atoms with van der Waals surface area (Å²) >= 11 is 0. The molecular weight excluding hydrogens is 138 g/mol. The summed E-state index contributed by atoms with van der Waals surface area (Å²) in [4.78, 5) is 2.13. The third-order valence-corrected chi connectivity index (χ3v) is 3.82. The summed E-state index contributed by atoms with van der Waals surface area (Å²) in [6, 6.07) is 0. The third kappa shape index (κ3) is 2.55. The van der Waals surface area contributed by atoms with Gasteiger partial charge in [0.05, 0.1) is 13.7 Å². The minimum absolute atomic E-state index is 0.368. The number of hydrogen-bond acceptors (Lipinski definition) is 1. The minimum Gasteiger partial charge on any atom is -0.299 e. The molecule has 0 heterocycles. The van der Waals surface area contributed by atoms with Crippen LogP contribution in [-0.2, 0) is 0 Å². The van der Waals surface area contributed by atoms with E-state index in [1.54, 1.807) is 0 Å². The average Bonchev–Trinajstić information content (AvgIpc) is 1.60. The summed E-state index contributed by atoms with van der Waals surface area (Å²) < 4.78 is 0. The lowest BCUT2D eigenvalue weighted by Crippen LogP contribution is -2.46. The van der Waals surface area contributed by atoms with Gasteiger partial charge < -0.3 is 0 Å². The number of terminal acetylenes is 1. The van der Waals surface area contributed by atoms with Crippen LogP contribution >= 0.6 is 0 Å². The Kier molecular flexibility index (Phi) is 3.14. The van der Waals surface area contributed by atoms with Crippen molar-refractivity contribution in [3.8, 4) is 12.3 Å². The highest BCUT2D eigenvalue weighted by Gasteiger charge is 2.26. The molecule has 10 heavy (non-hydrogen) atoms. The van der Waals surface area contributed by atoms with E-state index < -0.39 is 8.07 Å². The van der Waals surface area contributed by atoms with E-state index in [0.717, 1.165) is 0 Å². The van der Waals surface area contributed by atoms with Crippen LogP contribution in [0.3, 0.4) is 0 Å². The summed E-state index contributed by atoms with van der Waals surface area (Å²) in [7, 11) is 2.93. The molecule has 0 N–H and O–H groups in total. The van der Waals surface area contributed by atoms with Crippen LogP contribution in [-0.4, -0.2) is 32.7 Å². The van der Waals surface area contributed by atoms with Crippen molar-refractivity contribution in [2.75, 3.05) is 14.1 Å². The van der Waals surface area contributed by atoms with E-state index in [4.69, 9.17) is 6.42 Å². The monoisotopic (exact) mass is 155 g/mol. The zero-order valence-corrected chi connectivity index (χ0v) is 8.60. The summed E-state index contributed by atoms with van der Waals surface area (Å²) in [6.45, 7) is 6.87. The fourth-order valence-corrected chi connectivity index (χ4v) is 3.22. The smallest absolute Gasteiger partial charge is 0.0791 e. The molecule has 0 aromatic carbocycles. The van der Waals surface area contributed by atoms with Crippen LogP contribution in [0.5, 0.6) is 0 Å². The first kappa shape index (κ1) is 9.74. The lowest BCUT2D eigenvalue weighted by atomic mass is 10.6. The Bertz CT molecular complexity index is 138. The van der Waals surface area contributed by atoms with Crippen molar-refractivity contribution in [2.24, 2.45) is 0 Å².